The fraction of sp³-hybridized carbons (Fsp3) is 0.357. The molecule has 0 spiro atoms. The number of allylic oxidation sites excluding steroid dienone is 1. The lowest BCUT2D eigenvalue weighted by molar-refractivity contribution is -0.0574. The second-order valence-electron chi connectivity index (χ2n) is 4.92. The van der Waals surface area contributed by atoms with Crippen LogP contribution in [0.4, 0.5) is 13.2 Å². The molecule has 0 fully saturated rings. The van der Waals surface area contributed by atoms with Gasteiger partial charge in [0.15, 0.2) is 5.71 Å². The SMILES string of the molecule is CC(C)(C)SN=C(/C=C/c1ccccc1)C(F)(F)F. The molecule has 104 valence electrons. The summed E-state index contributed by atoms with van der Waals surface area (Å²) in [6, 6.07) is 8.83. The lowest BCUT2D eigenvalue weighted by Crippen LogP contribution is -2.21. The van der Waals surface area contributed by atoms with Crippen LogP contribution in [-0.2, 0) is 0 Å². The van der Waals surface area contributed by atoms with Gasteiger partial charge in [-0.25, -0.2) is 4.40 Å². The second kappa shape index (κ2) is 6.28. The molecule has 0 saturated heterocycles. The van der Waals surface area contributed by atoms with Crippen LogP contribution in [0.1, 0.15) is 26.3 Å². The standard InChI is InChI=1S/C14H16F3NS/c1-13(2,3)19-18-12(14(15,16)17)10-9-11-7-5-4-6-8-11/h4-10H,1-3H3/b10-9+,18-12?. The second-order valence-corrected chi connectivity index (χ2v) is 6.51. The van der Waals surface area contributed by atoms with Crippen LogP contribution in [0.3, 0.4) is 0 Å². The lowest BCUT2D eigenvalue weighted by atomic mass is 10.2. The van der Waals surface area contributed by atoms with Crippen LogP contribution >= 0.6 is 11.9 Å². The van der Waals surface area contributed by atoms with Crippen LogP contribution in [0.5, 0.6) is 0 Å². The minimum atomic E-state index is -4.44. The smallest absolute Gasteiger partial charge is 0.211 e. The van der Waals surface area contributed by atoms with Crippen LogP contribution in [-0.4, -0.2) is 16.6 Å². The van der Waals surface area contributed by atoms with Gasteiger partial charge in [0, 0.05) is 4.75 Å². The molecule has 19 heavy (non-hydrogen) atoms. The van der Waals surface area contributed by atoms with E-state index in [-0.39, 0.29) is 4.75 Å². The van der Waals surface area contributed by atoms with Crippen molar-refractivity contribution < 1.29 is 13.2 Å². The van der Waals surface area contributed by atoms with Crippen molar-refractivity contribution in [3.05, 3.63) is 42.0 Å². The van der Waals surface area contributed by atoms with Crippen molar-refractivity contribution in [3.63, 3.8) is 0 Å². The quantitative estimate of drug-likeness (QED) is 0.553. The summed E-state index contributed by atoms with van der Waals surface area (Å²) >= 11 is 0.920. The zero-order valence-electron chi connectivity index (χ0n) is 11.0. The minimum absolute atomic E-state index is 0.350. The first-order valence-electron chi connectivity index (χ1n) is 5.75. The van der Waals surface area contributed by atoms with Crippen LogP contribution < -0.4 is 0 Å². The molecule has 1 aromatic carbocycles. The van der Waals surface area contributed by atoms with Crippen LogP contribution in [0.15, 0.2) is 40.8 Å². The molecule has 0 saturated carbocycles. The van der Waals surface area contributed by atoms with Crippen molar-refractivity contribution in [1.82, 2.24) is 0 Å². The largest absolute Gasteiger partial charge is 0.434 e. The molecule has 0 bridgehead atoms. The van der Waals surface area contributed by atoms with Crippen LogP contribution in [0, 0.1) is 0 Å². The summed E-state index contributed by atoms with van der Waals surface area (Å²) in [5.74, 6) is 0. The average molecular weight is 287 g/mol. The van der Waals surface area contributed by atoms with E-state index in [0.29, 0.717) is 5.56 Å². The van der Waals surface area contributed by atoms with E-state index in [2.05, 4.69) is 4.40 Å². The maximum atomic E-state index is 12.8. The van der Waals surface area contributed by atoms with Gasteiger partial charge < -0.3 is 0 Å². The van der Waals surface area contributed by atoms with Gasteiger partial charge in [0.1, 0.15) is 0 Å². The predicted molar refractivity (Wildman–Crippen MR) is 76.3 cm³/mol. The van der Waals surface area contributed by atoms with Crippen molar-refractivity contribution in [2.75, 3.05) is 0 Å². The van der Waals surface area contributed by atoms with E-state index in [1.807, 2.05) is 26.8 Å². The van der Waals surface area contributed by atoms with E-state index in [4.69, 9.17) is 0 Å². The van der Waals surface area contributed by atoms with Crippen molar-refractivity contribution >= 4 is 23.7 Å². The van der Waals surface area contributed by atoms with Crippen molar-refractivity contribution in [1.29, 1.82) is 0 Å². The first-order chi connectivity index (χ1) is 8.68. The summed E-state index contributed by atoms with van der Waals surface area (Å²) in [5, 5.41) is 0. The third-order valence-corrected chi connectivity index (χ3v) is 2.78. The number of hydrogen-bond acceptors (Lipinski definition) is 2. The Morgan fingerprint density at radius 2 is 1.68 bits per heavy atom. The van der Waals surface area contributed by atoms with Gasteiger partial charge in [-0.2, -0.15) is 13.2 Å². The van der Waals surface area contributed by atoms with Gasteiger partial charge in [0.2, 0.25) is 0 Å². The van der Waals surface area contributed by atoms with E-state index >= 15 is 0 Å². The molecule has 0 aliphatic carbocycles. The van der Waals surface area contributed by atoms with Gasteiger partial charge in [0.05, 0.1) is 0 Å². The zero-order chi connectivity index (χ0) is 14.5. The fourth-order valence-electron chi connectivity index (χ4n) is 1.10. The van der Waals surface area contributed by atoms with E-state index in [1.54, 1.807) is 24.3 Å². The van der Waals surface area contributed by atoms with Gasteiger partial charge in [-0.3, -0.25) is 0 Å². The Morgan fingerprint density at radius 1 is 1.11 bits per heavy atom. The summed E-state index contributed by atoms with van der Waals surface area (Å²) in [5.41, 5.74) is -0.170. The molecule has 0 aromatic heterocycles. The van der Waals surface area contributed by atoms with E-state index in [1.165, 1.54) is 6.08 Å². The average Bonchev–Trinajstić information content (AvgIpc) is 2.27. The Morgan fingerprint density at radius 3 is 2.16 bits per heavy atom. The Labute approximate surface area is 115 Å². The molecule has 1 rings (SSSR count). The highest BCUT2D eigenvalue weighted by molar-refractivity contribution is 7.99. The predicted octanol–water partition coefficient (Wildman–Crippen LogP) is 5.15. The summed E-state index contributed by atoms with van der Waals surface area (Å²) < 4.78 is 41.7. The van der Waals surface area contributed by atoms with Crippen molar-refractivity contribution in [2.45, 2.75) is 31.7 Å². The molecule has 0 radical (unpaired) electrons. The monoisotopic (exact) mass is 287 g/mol. The molecule has 0 unspecified atom stereocenters. The minimum Gasteiger partial charge on any atom is -0.211 e. The lowest BCUT2D eigenvalue weighted by Gasteiger charge is -2.14. The number of alkyl halides is 3. The molecule has 0 aliphatic heterocycles. The highest BCUT2D eigenvalue weighted by atomic mass is 32.2. The normalized spacial score (nSPS) is 14.1. The summed E-state index contributed by atoms with van der Waals surface area (Å²) in [4.78, 5) is 0. The Hall–Kier alpha value is -1.23. The summed E-state index contributed by atoms with van der Waals surface area (Å²) in [6.45, 7) is 5.45. The molecule has 1 nitrogen and oxygen atoms in total. The van der Waals surface area contributed by atoms with Gasteiger partial charge >= 0.3 is 6.18 Å². The van der Waals surface area contributed by atoms with Gasteiger partial charge in [-0.1, -0.05) is 36.4 Å². The van der Waals surface area contributed by atoms with Gasteiger partial charge in [-0.05, 0) is 44.4 Å². The first-order valence-corrected chi connectivity index (χ1v) is 6.52. The van der Waals surface area contributed by atoms with Gasteiger partial charge in [0.25, 0.3) is 0 Å². The zero-order valence-corrected chi connectivity index (χ0v) is 11.8. The Balaban J connectivity index is 2.91. The molecule has 0 aliphatic rings. The van der Waals surface area contributed by atoms with E-state index < -0.39 is 11.9 Å². The Bertz CT molecular complexity index is 456. The van der Waals surface area contributed by atoms with Crippen LogP contribution in [0.2, 0.25) is 0 Å². The fourth-order valence-corrected chi connectivity index (χ4v) is 1.64. The van der Waals surface area contributed by atoms with Gasteiger partial charge in [-0.15, -0.1) is 0 Å². The Kier molecular flexibility index (Phi) is 5.23. The molecule has 0 heterocycles. The maximum Gasteiger partial charge on any atom is 0.434 e. The number of hydrogen-bond donors (Lipinski definition) is 0. The molecule has 0 atom stereocenters. The highest BCUT2D eigenvalue weighted by Crippen LogP contribution is 2.28. The topological polar surface area (TPSA) is 12.4 Å². The molecular formula is C14H16F3NS. The molecule has 0 amide bonds. The molecule has 5 heteroatoms. The highest BCUT2D eigenvalue weighted by Gasteiger charge is 2.34. The third kappa shape index (κ3) is 6.47. The van der Waals surface area contributed by atoms with E-state index in [9.17, 15) is 13.2 Å². The number of halogens is 3. The molecule has 1 aromatic rings. The van der Waals surface area contributed by atoms with Crippen LogP contribution in [0.25, 0.3) is 6.08 Å². The number of nitrogens with zero attached hydrogens (tertiary/aromatic N) is 1. The third-order valence-electron chi connectivity index (χ3n) is 1.94. The molecular weight excluding hydrogens is 271 g/mol. The summed E-state index contributed by atoms with van der Waals surface area (Å²) in [6.07, 6.45) is -2.02. The first kappa shape index (κ1) is 15.8. The van der Waals surface area contributed by atoms with Crippen molar-refractivity contribution in [2.24, 2.45) is 4.40 Å². The number of rotatable bonds is 3. The maximum absolute atomic E-state index is 12.8. The van der Waals surface area contributed by atoms with Crippen molar-refractivity contribution in [3.8, 4) is 0 Å². The summed E-state index contributed by atoms with van der Waals surface area (Å²) in [7, 11) is 0. The van der Waals surface area contributed by atoms with E-state index in [0.717, 1.165) is 18.0 Å². The number of benzene rings is 1. The molecule has 0 N–H and O–H groups in total.